The van der Waals surface area contributed by atoms with E-state index in [1.54, 1.807) is 0 Å². The quantitative estimate of drug-likeness (QED) is 0.833. The average Bonchev–Trinajstić information content (AvgIpc) is 2.34. The van der Waals surface area contributed by atoms with Gasteiger partial charge in [0.05, 0.1) is 0 Å². The summed E-state index contributed by atoms with van der Waals surface area (Å²) in [4.78, 5) is 0. The summed E-state index contributed by atoms with van der Waals surface area (Å²) < 4.78 is 0. The van der Waals surface area contributed by atoms with Crippen molar-refractivity contribution in [2.75, 3.05) is 13.6 Å². The lowest BCUT2D eigenvalue weighted by atomic mass is 9.57. The van der Waals surface area contributed by atoms with Gasteiger partial charge in [-0.2, -0.15) is 0 Å². The SMILES string of the molecule is CNCC1(c2ccc(C(C)C)cc2)CCC1C. The molecule has 1 N–H and O–H groups in total. The van der Waals surface area contributed by atoms with Crippen molar-refractivity contribution in [2.24, 2.45) is 5.92 Å². The van der Waals surface area contributed by atoms with Crippen molar-refractivity contribution in [1.29, 1.82) is 0 Å². The highest BCUT2D eigenvalue weighted by molar-refractivity contribution is 5.33. The molecule has 1 heteroatoms. The monoisotopic (exact) mass is 231 g/mol. The molecule has 1 nitrogen and oxygen atoms in total. The maximum Gasteiger partial charge on any atom is 0.0103 e. The van der Waals surface area contributed by atoms with Crippen molar-refractivity contribution in [2.45, 2.75) is 44.9 Å². The fraction of sp³-hybridized carbons (Fsp3) is 0.625. The van der Waals surface area contributed by atoms with Gasteiger partial charge < -0.3 is 5.32 Å². The van der Waals surface area contributed by atoms with Gasteiger partial charge in [-0.15, -0.1) is 0 Å². The van der Waals surface area contributed by atoms with E-state index in [1.165, 1.54) is 24.0 Å². The minimum atomic E-state index is 0.393. The minimum absolute atomic E-state index is 0.393. The highest BCUT2D eigenvalue weighted by Crippen LogP contribution is 2.48. The van der Waals surface area contributed by atoms with E-state index in [9.17, 15) is 0 Å². The van der Waals surface area contributed by atoms with E-state index in [0.29, 0.717) is 11.3 Å². The standard InChI is InChI=1S/C16H25N/c1-12(2)14-5-7-15(8-6-14)16(11-17-4)10-9-13(16)3/h5-8,12-13,17H,9-11H2,1-4H3. The molecule has 1 aromatic carbocycles. The molecule has 1 fully saturated rings. The van der Waals surface area contributed by atoms with Gasteiger partial charge in [0.1, 0.15) is 0 Å². The highest BCUT2D eigenvalue weighted by Gasteiger charge is 2.44. The molecule has 1 aliphatic carbocycles. The fourth-order valence-corrected chi connectivity index (χ4v) is 3.09. The van der Waals surface area contributed by atoms with E-state index in [-0.39, 0.29) is 0 Å². The number of nitrogens with one attached hydrogen (secondary N) is 1. The Hall–Kier alpha value is -0.820. The Kier molecular flexibility index (Phi) is 3.58. The summed E-state index contributed by atoms with van der Waals surface area (Å²) in [5, 5.41) is 3.38. The molecule has 0 bridgehead atoms. The summed E-state index contributed by atoms with van der Waals surface area (Å²) in [7, 11) is 2.06. The largest absolute Gasteiger partial charge is 0.319 e. The van der Waals surface area contributed by atoms with Gasteiger partial charge in [-0.3, -0.25) is 0 Å². The van der Waals surface area contributed by atoms with Crippen LogP contribution in [-0.4, -0.2) is 13.6 Å². The number of hydrogen-bond acceptors (Lipinski definition) is 1. The Labute approximate surface area is 106 Å². The summed E-state index contributed by atoms with van der Waals surface area (Å²) in [5.74, 6) is 1.43. The lowest BCUT2D eigenvalue weighted by Gasteiger charge is -2.49. The Bertz CT molecular complexity index is 366. The fourth-order valence-electron chi connectivity index (χ4n) is 3.09. The van der Waals surface area contributed by atoms with E-state index in [4.69, 9.17) is 0 Å². The Morgan fingerprint density at radius 1 is 1.29 bits per heavy atom. The van der Waals surface area contributed by atoms with Crippen LogP contribution >= 0.6 is 0 Å². The summed E-state index contributed by atoms with van der Waals surface area (Å²) in [5.41, 5.74) is 3.36. The summed E-state index contributed by atoms with van der Waals surface area (Å²) in [6.45, 7) is 8.00. The zero-order valence-electron chi connectivity index (χ0n) is 11.6. The van der Waals surface area contributed by atoms with Crippen molar-refractivity contribution in [3.05, 3.63) is 35.4 Å². The van der Waals surface area contributed by atoms with Crippen LogP contribution in [0.2, 0.25) is 0 Å². The average molecular weight is 231 g/mol. The molecule has 0 amide bonds. The lowest BCUT2D eigenvalue weighted by Crippen LogP contribution is -2.49. The lowest BCUT2D eigenvalue weighted by molar-refractivity contribution is 0.137. The molecular weight excluding hydrogens is 206 g/mol. The summed E-state index contributed by atoms with van der Waals surface area (Å²) in [6.07, 6.45) is 2.70. The normalized spacial score (nSPS) is 28.2. The second kappa shape index (κ2) is 4.81. The third-order valence-electron chi connectivity index (χ3n) is 4.61. The number of benzene rings is 1. The second-order valence-electron chi connectivity index (χ2n) is 5.90. The first kappa shape index (κ1) is 12.6. The van der Waals surface area contributed by atoms with E-state index in [2.05, 4.69) is 57.4 Å². The molecule has 1 aromatic rings. The summed E-state index contributed by atoms with van der Waals surface area (Å²) >= 11 is 0. The predicted molar refractivity (Wildman–Crippen MR) is 74.5 cm³/mol. The molecule has 2 rings (SSSR count). The van der Waals surface area contributed by atoms with Crippen LogP contribution in [0.4, 0.5) is 0 Å². The second-order valence-corrected chi connectivity index (χ2v) is 5.90. The molecule has 0 saturated heterocycles. The van der Waals surface area contributed by atoms with Crippen LogP contribution in [0.25, 0.3) is 0 Å². The topological polar surface area (TPSA) is 12.0 Å². The van der Waals surface area contributed by atoms with Crippen molar-refractivity contribution >= 4 is 0 Å². The Morgan fingerprint density at radius 2 is 1.94 bits per heavy atom. The predicted octanol–water partition coefficient (Wildman–Crippen LogP) is 3.70. The van der Waals surface area contributed by atoms with Crippen LogP contribution in [0.5, 0.6) is 0 Å². The Morgan fingerprint density at radius 3 is 2.29 bits per heavy atom. The van der Waals surface area contributed by atoms with Crippen molar-refractivity contribution in [1.82, 2.24) is 5.32 Å². The van der Waals surface area contributed by atoms with Gasteiger partial charge in [-0.05, 0) is 42.9 Å². The molecule has 2 unspecified atom stereocenters. The van der Waals surface area contributed by atoms with Gasteiger partial charge in [0.2, 0.25) is 0 Å². The number of hydrogen-bond donors (Lipinski definition) is 1. The highest BCUT2D eigenvalue weighted by atomic mass is 14.8. The van der Waals surface area contributed by atoms with Gasteiger partial charge >= 0.3 is 0 Å². The molecule has 0 aromatic heterocycles. The van der Waals surface area contributed by atoms with Crippen LogP contribution in [0, 0.1) is 5.92 Å². The van der Waals surface area contributed by atoms with Crippen LogP contribution in [0.1, 0.15) is 50.7 Å². The van der Waals surface area contributed by atoms with Crippen LogP contribution < -0.4 is 5.32 Å². The third kappa shape index (κ3) is 2.13. The van der Waals surface area contributed by atoms with Crippen molar-refractivity contribution in [3.63, 3.8) is 0 Å². The maximum atomic E-state index is 3.38. The molecule has 2 atom stereocenters. The van der Waals surface area contributed by atoms with Crippen molar-refractivity contribution in [3.8, 4) is 0 Å². The molecule has 94 valence electrons. The van der Waals surface area contributed by atoms with Crippen LogP contribution in [0.3, 0.4) is 0 Å². The molecule has 1 saturated carbocycles. The van der Waals surface area contributed by atoms with E-state index in [0.717, 1.165) is 12.5 Å². The van der Waals surface area contributed by atoms with E-state index in [1.807, 2.05) is 0 Å². The number of likely N-dealkylation sites (N-methyl/N-ethyl adjacent to an activating group) is 1. The molecule has 0 heterocycles. The third-order valence-corrected chi connectivity index (χ3v) is 4.61. The smallest absolute Gasteiger partial charge is 0.0103 e. The van der Waals surface area contributed by atoms with Gasteiger partial charge in [0.25, 0.3) is 0 Å². The van der Waals surface area contributed by atoms with Gasteiger partial charge in [-0.25, -0.2) is 0 Å². The van der Waals surface area contributed by atoms with Crippen molar-refractivity contribution < 1.29 is 0 Å². The molecule has 17 heavy (non-hydrogen) atoms. The molecule has 1 aliphatic rings. The Balaban J connectivity index is 2.25. The first-order valence-corrected chi connectivity index (χ1v) is 6.85. The minimum Gasteiger partial charge on any atom is -0.319 e. The molecule has 0 aliphatic heterocycles. The molecule has 0 radical (unpaired) electrons. The zero-order chi connectivity index (χ0) is 12.5. The van der Waals surface area contributed by atoms with E-state index >= 15 is 0 Å². The molecular formula is C16H25N. The molecule has 0 spiro atoms. The maximum absolute atomic E-state index is 3.38. The number of rotatable bonds is 4. The van der Waals surface area contributed by atoms with Crippen LogP contribution in [-0.2, 0) is 5.41 Å². The van der Waals surface area contributed by atoms with Gasteiger partial charge in [0, 0.05) is 12.0 Å². The zero-order valence-corrected chi connectivity index (χ0v) is 11.6. The first-order chi connectivity index (χ1) is 8.10. The van der Waals surface area contributed by atoms with Gasteiger partial charge in [0.15, 0.2) is 0 Å². The first-order valence-electron chi connectivity index (χ1n) is 6.85. The van der Waals surface area contributed by atoms with Crippen LogP contribution in [0.15, 0.2) is 24.3 Å². The summed E-state index contributed by atoms with van der Waals surface area (Å²) in [6, 6.07) is 9.32. The van der Waals surface area contributed by atoms with E-state index < -0.39 is 0 Å². The van der Waals surface area contributed by atoms with Gasteiger partial charge in [-0.1, -0.05) is 45.0 Å².